The van der Waals surface area contributed by atoms with Crippen molar-refractivity contribution in [3.05, 3.63) is 58.4 Å². The molecule has 0 unspecified atom stereocenters. The van der Waals surface area contributed by atoms with Gasteiger partial charge in [-0.2, -0.15) is 0 Å². The second-order valence-electron chi connectivity index (χ2n) is 7.84. The maximum atomic E-state index is 12.9. The Morgan fingerprint density at radius 3 is 2.88 bits per heavy atom. The van der Waals surface area contributed by atoms with E-state index >= 15 is 0 Å². The van der Waals surface area contributed by atoms with Crippen molar-refractivity contribution in [1.29, 1.82) is 0 Å². The molecule has 1 aromatic heterocycles. The maximum absolute atomic E-state index is 12.9. The Balaban J connectivity index is 1.30. The van der Waals surface area contributed by atoms with Crippen LogP contribution in [0.1, 0.15) is 29.6 Å². The predicted molar refractivity (Wildman–Crippen MR) is 116 cm³/mol. The maximum Gasteiger partial charge on any atom is 0.277 e. The van der Waals surface area contributed by atoms with Gasteiger partial charge in [0.05, 0.1) is 23.2 Å². The Bertz CT molecular complexity index is 1320. The van der Waals surface area contributed by atoms with E-state index < -0.39 is 6.04 Å². The number of benzene rings is 2. The van der Waals surface area contributed by atoms with Crippen LogP contribution in [0.3, 0.4) is 0 Å². The van der Waals surface area contributed by atoms with Crippen molar-refractivity contribution in [3.63, 3.8) is 0 Å². The van der Waals surface area contributed by atoms with Crippen LogP contribution in [0.25, 0.3) is 10.9 Å². The fraction of sp³-hybridized carbons (Fsp3) is 0.273. The zero-order chi connectivity index (χ0) is 22.2. The number of fused-ring (bicyclic) bond motifs is 3. The first-order chi connectivity index (χ1) is 15.5. The largest absolute Gasteiger partial charge is 0.327 e. The summed E-state index contributed by atoms with van der Waals surface area (Å²) >= 11 is 0. The van der Waals surface area contributed by atoms with Crippen molar-refractivity contribution in [2.75, 3.05) is 17.2 Å². The number of nitrogens with one attached hydrogen (secondary N) is 2. The minimum absolute atomic E-state index is 0.00287. The van der Waals surface area contributed by atoms with Gasteiger partial charge in [-0.05, 0) is 43.2 Å². The molecular formula is C22H20N6O4. The molecule has 2 aromatic carbocycles. The Morgan fingerprint density at radius 2 is 2.00 bits per heavy atom. The Hall–Kier alpha value is -4.08. The third kappa shape index (κ3) is 3.49. The molecule has 2 N–H and O–H groups in total. The highest BCUT2D eigenvalue weighted by molar-refractivity contribution is 6.11. The summed E-state index contributed by atoms with van der Waals surface area (Å²) in [4.78, 5) is 51.9. The summed E-state index contributed by atoms with van der Waals surface area (Å²) in [6.07, 6.45) is 1.43. The molecular weight excluding hydrogens is 412 g/mol. The summed E-state index contributed by atoms with van der Waals surface area (Å²) in [6.45, 7) is 0.604. The van der Waals surface area contributed by atoms with E-state index in [-0.39, 0.29) is 36.2 Å². The standard InChI is InChI=1S/C22H20N6O4/c29-19(9-11-28-22(32)14-4-1-2-5-17(14)25-26-28)23-13-7-8-16-15(12-13)21(31)27-10-3-6-18(27)20(30)24-16/h1-2,4-5,7-8,12,18H,3,6,9-11H2,(H,23,29)(H,24,30)/t18-/m1/s1. The van der Waals surface area contributed by atoms with Crippen molar-refractivity contribution >= 4 is 40.0 Å². The quantitative estimate of drug-likeness (QED) is 0.641. The molecule has 5 rings (SSSR count). The monoisotopic (exact) mass is 432 g/mol. The lowest BCUT2D eigenvalue weighted by Crippen LogP contribution is -2.40. The van der Waals surface area contributed by atoms with Crippen molar-refractivity contribution < 1.29 is 14.4 Å². The zero-order valence-electron chi connectivity index (χ0n) is 17.1. The molecule has 1 saturated heterocycles. The van der Waals surface area contributed by atoms with E-state index in [2.05, 4.69) is 20.9 Å². The van der Waals surface area contributed by atoms with Gasteiger partial charge in [-0.1, -0.05) is 17.3 Å². The first-order valence-corrected chi connectivity index (χ1v) is 10.4. The highest BCUT2D eigenvalue weighted by atomic mass is 16.2. The van der Waals surface area contributed by atoms with Gasteiger partial charge in [-0.3, -0.25) is 19.2 Å². The average molecular weight is 432 g/mol. The van der Waals surface area contributed by atoms with Crippen molar-refractivity contribution in [2.24, 2.45) is 0 Å². The van der Waals surface area contributed by atoms with Crippen LogP contribution in [-0.4, -0.2) is 50.2 Å². The summed E-state index contributed by atoms with van der Waals surface area (Å²) in [6, 6.07) is 11.2. The topological polar surface area (TPSA) is 126 Å². The number of carbonyl (C=O) groups is 3. The van der Waals surface area contributed by atoms with Gasteiger partial charge in [0, 0.05) is 18.7 Å². The Kier molecular flexibility index (Phi) is 4.89. The van der Waals surface area contributed by atoms with Gasteiger partial charge < -0.3 is 15.5 Å². The molecule has 10 heteroatoms. The Morgan fingerprint density at radius 1 is 1.16 bits per heavy atom. The van der Waals surface area contributed by atoms with E-state index in [1.807, 2.05) is 0 Å². The highest BCUT2D eigenvalue weighted by Crippen LogP contribution is 2.30. The molecule has 2 aliphatic heterocycles. The van der Waals surface area contributed by atoms with Crippen LogP contribution in [0, 0.1) is 0 Å². The zero-order valence-corrected chi connectivity index (χ0v) is 17.1. The molecule has 10 nitrogen and oxygen atoms in total. The lowest BCUT2D eigenvalue weighted by atomic mass is 10.1. The molecule has 0 radical (unpaired) electrons. The molecule has 0 saturated carbocycles. The summed E-state index contributed by atoms with van der Waals surface area (Å²) < 4.78 is 1.16. The molecule has 1 atom stereocenters. The number of hydrogen-bond donors (Lipinski definition) is 2. The molecule has 3 aromatic rings. The fourth-order valence-electron chi connectivity index (χ4n) is 4.16. The van der Waals surface area contributed by atoms with Crippen LogP contribution in [0.5, 0.6) is 0 Å². The van der Waals surface area contributed by atoms with E-state index in [4.69, 9.17) is 0 Å². The molecule has 162 valence electrons. The summed E-state index contributed by atoms with van der Waals surface area (Å²) in [5.41, 5.74) is 1.41. The van der Waals surface area contributed by atoms with E-state index in [0.717, 1.165) is 11.1 Å². The number of carbonyl (C=O) groups excluding carboxylic acids is 3. The normalized spacial score (nSPS) is 17.5. The lowest BCUT2D eigenvalue weighted by molar-refractivity contribution is -0.119. The summed E-state index contributed by atoms with van der Waals surface area (Å²) in [7, 11) is 0. The number of amides is 3. The van der Waals surface area contributed by atoms with Gasteiger partial charge in [0.25, 0.3) is 11.5 Å². The van der Waals surface area contributed by atoms with Crippen LogP contribution >= 0.6 is 0 Å². The van der Waals surface area contributed by atoms with Gasteiger partial charge in [0.15, 0.2) is 0 Å². The smallest absolute Gasteiger partial charge is 0.277 e. The number of anilines is 2. The second-order valence-corrected chi connectivity index (χ2v) is 7.84. The molecule has 3 heterocycles. The average Bonchev–Trinajstić information content (AvgIpc) is 3.26. The fourth-order valence-corrected chi connectivity index (χ4v) is 4.16. The molecule has 0 bridgehead atoms. The van der Waals surface area contributed by atoms with Crippen LogP contribution in [0.2, 0.25) is 0 Å². The third-order valence-corrected chi connectivity index (χ3v) is 5.79. The summed E-state index contributed by atoms with van der Waals surface area (Å²) in [5, 5.41) is 13.9. The van der Waals surface area contributed by atoms with Crippen molar-refractivity contribution in [1.82, 2.24) is 19.9 Å². The van der Waals surface area contributed by atoms with Gasteiger partial charge in [0.1, 0.15) is 11.6 Å². The molecule has 32 heavy (non-hydrogen) atoms. The van der Waals surface area contributed by atoms with Crippen molar-refractivity contribution in [2.45, 2.75) is 31.8 Å². The number of aromatic nitrogens is 3. The van der Waals surface area contributed by atoms with E-state index in [0.29, 0.717) is 40.8 Å². The predicted octanol–water partition coefficient (Wildman–Crippen LogP) is 1.38. The first-order valence-electron chi connectivity index (χ1n) is 10.4. The van der Waals surface area contributed by atoms with Crippen molar-refractivity contribution in [3.8, 4) is 0 Å². The van der Waals surface area contributed by atoms with E-state index in [1.165, 1.54) is 0 Å². The number of aryl methyl sites for hydroxylation is 1. The van der Waals surface area contributed by atoms with Gasteiger partial charge >= 0.3 is 0 Å². The SMILES string of the molecule is O=C(CCn1nnc2ccccc2c1=O)Nc1ccc2c(c1)C(=O)N1CCC[C@@H]1C(=O)N2. The summed E-state index contributed by atoms with van der Waals surface area (Å²) in [5.74, 6) is -0.751. The molecule has 0 spiro atoms. The minimum atomic E-state index is -0.450. The first kappa shape index (κ1) is 19.9. The van der Waals surface area contributed by atoms with E-state index in [1.54, 1.807) is 47.4 Å². The third-order valence-electron chi connectivity index (χ3n) is 5.79. The number of rotatable bonds is 4. The van der Waals surface area contributed by atoms with E-state index in [9.17, 15) is 19.2 Å². The van der Waals surface area contributed by atoms with Gasteiger partial charge in [-0.25, -0.2) is 4.68 Å². The van der Waals surface area contributed by atoms with Gasteiger partial charge in [0.2, 0.25) is 11.8 Å². The second kappa shape index (κ2) is 7.88. The number of nitrogens with zero attached hydrogens (tertiary/aromatic N) is 4. The van der Waals surface area contributed by atoms with Crippen LogP contribution in [0.15, 0.2) is 47.3 Å². The highest BCUT2D eigenvalue weighted by Gasteiger charge is 2.38. The van der Waals surface area contributed by atoms with Crippen LogP contribution in [-0.2, 0) is 16.1 Å². The molecule has 2 aliphatic rings. The molecule has 3 amide bonds. The minimum Gasteiger partial charge on any atom is -0.327 e. The van der Waals surface area contributed by atoms with Gasteiger partial charge in [-0.15, -0.1) is 5.10 Å². The number of hydrogen-bond acceptors (Lipinski definition) is 6. The lowest BCUT2D eigenvalue weighted by Gasteiger charge is -2.20. The van der Waals surface area contributed by atoms with Crippen LogP contribution in [0.4, 0.5) is 11.4 Å². The Labute approximate surface area is 182 Å². The molecule has 1 fully saturated rings. The molecule has 0 aliphatic carbocycles. The van der Waals surface area contributed by atoms with Crippen LogP contribution < -0.4 is 16.2 Å².